The molecule has 0 radical (unpaired) electrons. The van der Waals surface area contributed by atoms with Gasteiger partial charge in [-0.2, -0.15) is 0 Å². The Kier molecular flexibility index (Phi) is 7.44. The molecule has 0 saturated carbocycles. The van der Waals surface area contributed by atoms with Crippen LogP contribution in [0, 0.1) is 0 Å². The van der Waals surface area contributed by atoms with E-state index in [1.54, 1.807) is 13.1 Å². The van der Waals surface area contributed by atoms with Crippen molar-refractivity contribution in [1.29, 1.82) is 0 Å². The highest BCUT2D eigenvalue weighted by molar-refractivity contribution is 7.89. The maximum absolute atomic E-state index is 12.5. The van der Waals surface area contributed by atoms with Crippen LogP contribution in [0.25, 0.3) is 0 Å². The topological polar surface area (TPSA) is 58.2 Å². The molecule has 0 saturated heterocycles. The lowest BCUT2D eigenvalue weighted by atomic mass is 10.2. The summed E-state index contributed by atoms with van der Waals surface area (Å²) < 4.78 is 27.6. The van der Waals surface area contributed by atoms with E-state index in [0.717, 1.165) is 19.3 Å². The molecule has 21 heavy (non-hydrogen) atoms. The van der Waals surface area contributed by atoms with Crippen molar-refractivity contribution in [2.45, 2.75) is 50.6 Å². The van der Waals surface area contributed by atoms with Gasteiger partial charge in [-0.3, -0.25) is 0 Å². The number of sulfonamides is 1. The van der Waals surface area contributed by atoms with E-state index in [4.69, 9.17) is 23.2 Å². The van der Waals surface area contributed by atoms with E-state index in [1.807, 2.05) is 6.92 Å². The van der Waals surface area contributed by atoms with E-state index in [-0.39, 0.29) is 16.0 Å². The normalized spacial score (nSPS) is 13.4. The van der Waals surface area contributed by atoms with Crippen molar-refractivity contribution in [3.63, 3.8) is 0 Å². The summed E-state index contributed by atoms with van der Waals surface area (Å²) in [5.41, 5.74) is 0.660. The van der Waals surface area contributed by atoms with Crippen molar-refractivity contribution in [2.24, 2.45) is 0 Å². The van der Waals surface area contributed by atoms with Gasteiger partial charge in [0.25, 0.3) is 0 Å². The van der Waals surface area contributed by atoms with Crippen LogP contribution in [0.2, 0.25) is 10.0 Å². The molecule has 1 atom stereocenters. The van der Waals surface area contributed by atoms with E-state index in [2.05, 4.69) is 17.0 Å². The number of rotatable bonds is 8. The van der Waals surface area contributed by atoms with Gasteiger partial charge in [0.1, 0.15) is 4.90 Å². The molecule has 1 rings (SSSR count). The molecule has 0 amide bonds. The fourth-order valence-corrected chi connectivity index (χ4v) is 4.24. The Bertz CT molecular complexity index is 577. The van der Waals surface area contributed by atoms with Crippen molar-refractivity contribution in [2.75, 3.05) is 7.05 Å². The minimum absolute atomic E-state index is 0.0327. The van der Waals surface area contributed by atoms with Crippen molar-refractivity contribution in [1.82, 2.24) is 10.0 Å². The van der Waals surface area contributed by atoms with Crippen molar-refractivity contribution < 1.29 is 8.42 Å². The van der Waals surface area contributed by atoms with E-state index < -0.39 is 10.0 Å². The van der Waals surface area contributed by atoms with Crippen LogP contribution in [-0.2, 0) is 16.6 Å². The lowest BCUT2D eigenvalue weighted by Crippen LogP contribution is -2.32. The summed E-state index contributed by atoms with van der Waals surface area (Å²) in [6.45, 7) is 4.37. The fourth-order valence-electron chi connectivity index (χ4n) is 2.03. The van der Waals surface area contributed by atoms with Gasteiger partial charge in [-0.05, 0) is 38.1 Å². The highest BCUT2D eigenvalue weighted by atomic mass is 35.5. The molecule has 0 bridgehead atoms. The number of hydrogen-bond acceptors (Lipinski definition) is 3. The second-order valence-electron chi connectivity index (χ2n) is 5.07. The molecule has 0 heterocycles. The maximum Gasteiger partial charge on any atom is 0.242 e. The number of halogens is 2. The lowest BCUT2D eigenvalue weighted by molar-refractivity contribution is 0.534. The minimum Gasteiger partial charge on any atom is -0.316 e. The second kappa shape index (κ2) is 8.34. The van der Waals surface area contributed by atoms with Gasteiger partial charge in [-0.1, -0.05) is 43.0 Å². The molecular weight excluding hydrogens is 331 g/mol. The predicted octanol–water partition coefficient (Wildman–Crippen LogP) is 3.57. The Labute approximate surface area is 137 Å². The Morgan fingerprint density at radius 2 is 1.95 bits per heavy atom. The summed E-state index contributed by atoms with van der Waals surface area (Å²) in [5, 5.41) is 3.51. The number of unbranched alkanes of at least 4 members (excludes halogenated alkanes) is 1. The summed E-state index contributed by atoms with van der Waals surface area (Å²) in [4.78, 5) is 0.0327. The maximum atomic E-state index is 12.5. The van der Waals surface area contributed by atoms with Crippen molar-refractivity contribution >= 4 is 33.2 Å². The molecule has 1 aromatic carbocycles. The lowest BCUT2D eigenvalue weighted by Gasteiger charge is -2.16. The van der Waals surface area contributed by atoms with Crippen LogP contribution >= 0.6 is 23.2 Å². The average molecular weight is 353 g/mol. The first-order chi connectivity index (χ1) is 9.81. The third kappa shape index (κ3) is 5.42. The summed E-state index contributed by atoms with van der Waals surface area (Å²) >= 11 is 12.2. The van der Waals surface area contributed by atoms with E-state index in [9.17, 15) is 8.42 Å². The fraction of sp³-hybridized carbons (Fsp3) is 0.571. The zero-order chi connectivity index (χ0) is 16.0. The molecule has 0 aliphatic carbocycles. The van der Waals surface area contributed by atoms with Crippen LogP contribution in [0.1, 0.15) is 38.7 Å². The molecule has 0 aliphatic heterocycles. The molecule has 0 aromatic heterocycles. The third-order valence-electron chi connectivity index (χ3n) is 3.08. The zero-order valence-electron chi connectivity index (χ0n) is 12.5. The molecule has 0 spiro atoms. The molecule has 120 valence electrons. The van der Waals surface area contributed by atoms with Gasteiger partial charge in [0.05, 0.1) is 5.02 Å². The second-order valence-corrected chi connectivity index (χ2v) is 7.57. The quantitative estimate of drug-likeness (QED) is 0.751. The van der Waals surface area contributed by atoms with Crippen molar-refractivity contribution in [3.05, 3.63) is 27.7 Å². The summed E-state index contributed by atoms with van der Waals surface area (Å²) in [5.74, 6) is 0. The SMILES string of the molecule is CCCCC(C)NS(=O)(=O)c1cc(Cl)cc(CNC)c1Cl. The van der Waals surface area contributed by atoms with Gasteiger partial charge in [-0.15, -0.1) is 0 Å². The third-order valence-corrected chi connectivity index (χ3v) is 5.47. The first-order valence-corrected chi connectivity index (χ1v) is 9.20. The minimum atomic E-state index is -3.68. The van der Waals surface area contributed by atoms with E-state index >= 15 is 0 Å². The Balaban J connectivity index is 3.07. The first kappa shape index (κ1) is 18.7. The first-order valence-electron chi connectivity index (χ1n) is 6.96. The number of hydrogen-bond donors (Lipinski definition) is 2. The van der Waals surface area contributed by atoms with Crippen LogP contribution in [-0.4, -0.2) is 21.5 Å². The van der Waals surface area contributed by atoms with Gasteiger partial charge in [0, 0.05) is 17.6 Å². The molecule has 7 heteroatoms. The van der Waals surface area contributed by atoms with Gasteiger partial charge < -0.3 is 5.32 Å². The van der Waals surface area contributed by atoms with Gasteiger partial charge in [0.15, 0.2) is 0 Å². The standard InChI is InChI=1S/C14H22Cl2N2O2S/c1-4-5-6-10(2)18-21(19,20)13-8-12(15)7-11(9-17-3)14(13)16/h7-8,10,17-18H,4-6,9H2,1-3H3. The Morgan fingerprint density at radius 3 is 2.52 bits per heavy atom. The highest BCUT2D eigenvalue weighted by Gasteiger charge is 2.22. The van der Waals surface area contributed by atoms with Crippen LogP contribution in [0.5, 0.6) is 0 Å². The number of nitrogens with one attached hydrogen (secondary N) is 2. The zero-order valence-corrected chi connectivity index (χ0v) is 14.9. The Morgan fingerprint density at radius 1 is 1.29 bits per heavy atom. The van der Waals surface area contributed by atoms with Crippen LogP contribution in [0.15, 0.2) is 17.0 Å². The molecule has 1 unspecified atom stereocenters. The summed E-state index contributed by atoms with van der Waals surface area (Å²) in [7, 11) is -1.92. The van der Waals surface area contributed by atoms with Crippen LogP contribution in [0.4, 0.5) is 0 Å². The molecule has 0 aliphatic rings. The molecule has 0 fully saturated rings. The smallest absolute Gasteiger partial charge is 0.242 e. The van der Waals surface area contributed by atoms with E-state index in [1.165, 1.54) is 6.07 Å². The molecule has 1 aromatic rings. The Hall–Kier alpha value is -0.330. The van der Waals surface area contributed by atoms with Gasteiger partial charge in [0.2, 0.25) is 10.0 Å². The summed E-state index contributed by atoms with van der Waals surface area (Å²) in [6.07, 6.45) is 2.78. The van der Waals surface area contributed by atoms with E-state index in [0.29, 0.717) is 17.1 Å². The van der Waals surface area contributed by atoms with Crippen molar-refractivity contribution in [3.8, 4) is 0 Å². The predicted molar refractivity (Wildman–Crippen MR) is 88.5 cm³/mol. The van der Waals surface area contributed by atoms with Crippen LogP contribution in [0.3, 0.4) is 0 Å². The molecular formula is C14H22Cl2N2O2S. The average Bonchev–Trinajstić information content (AvgIpc) is 2.39. The highest BCUT2D eigenvalue weighted by Crippen LogP contribution is 2.29. The van der Waals surface area contributed by atoms with Gasteiger partial charge >= 0.3 is 0 Å². The summed E-state index contributed by atoms with van der Waals surface area (Å²) in [6, 6.07) is 2.91. The van der Waals surface area contributed by atoms with Crippen LogP contribution < -0.4 is 10.0 Å². The van der Waals surface area contributed by atoms with Gasteiger partial charge in [-0.25, -0.2) is 13.1 Å². The molecule has 2 N–H and O–H groups in total. The monoisotopic (exact) mass is 352 g/mol. The number of benzene rings is 1. The largest absolute Gasteiger partial charge is 0.316 e. The molecule has 4 nitrogen and oxygen atoms in total.